The summed E-state index contributed by atoms with van der Waals surface area (Å²) in [6, 6.07) is 9.53. The molecule has 2 heteroatoms. The Labute approximate surface area is 154 Å². The number of nitrogens with one attached hydrogen (secondary N) is 2. The second-order valence-electron chi connectivity index (χ2n) is 6.67. The molecule has 0 spiro atoms. The van der Waals surface area contributed by atoms with Gasteiger partial charge in [-0.3, -0.25) is 0 Å². The first-order valence-electron chi connectivity index (χ1n) is 9.76. The molecule has 0 heterocycles. The highest BCUT2D eigenvalue weighted by Crippen LogP contribution is 2.29. The molecule has 0 bridgehead atoms. The molecule has 0 fully saturated rings. The Hall–Kier alpha value is -1.96. The molecule has 0 aliphatic rings. The van der Waals surface area contributed by atoms with Crippen LogP contribution in [-0.2, 0) is 32.1 Å². The summed E-state index contributed by atoms with van der Waals surface area (Å²) in [6.07, 6.45) is 5.27. The molecule has 0 aliphatic carbocycles. The number of hydrogen-bond donors (Lipinski definition) is 2. The maximum Gasteiger partial charge on any atom is 0.0402 e. The first kappa shape index (κ1) is 19.4. The standard InChI is InChI=1S/C23H34N2/c1-7-18-12-16(13-19(8-2)22(18)24-5)11-17-14-20(9-3)23(25-6)21(10-4)15-17/h12-15,24-25H,7-11H2,1-6H3. The van der Waals surface area contributed by atoms with E-state index < -0.39 is 0 Å². The maximum absolute atomic E-state index is 3.40. The van der Waals surface area contributed by atoms with Crippen molar-refractivity contribution in [1.82, 2.24) is 0 Å². The van der Waals surface area contributed by atoms with E-state index in [2.05, 4.69) is 62.6 Å². The fourth-order valence-corrected chi connectivity index (χ4v) is 3.88. The molecule has 2 nitrogen and oxygen atoms in total. The van der Waals surface area contributed by atoms with Gasteiger partial charge in [0.1, 0.15) is 0 Å². The zero-order valence-corrected chi connectivity index (χ0v) is 16.8. The molecule has 0 saturated carbocycles. The number of benzene rings is 2. The minimum absolute atomic E-state index is 1.01. The summed E-state index contributed by atoms with van der Waals surface area (Å²) < 4.78 is 0. The van der Waals surface area contributed by atoms with Gasteiger partial charge >= 0.3 is 0 Å². The molecule has 0 unspecified atom stereocenters. The van der Waals surface area contributed by atoms with Gasteiger partial charge < -0.3 is 10.6 Å². The highest BCUT2D eigenvalue weighted by Gasteiger charge is 2.11. The summed E-state index contributed by atoms with van der Waals surface area (Å²) in [5.74, 6) is 0. The van der Waals surface area contributed by atoms with Gasteiger partial charge in [0, 0.05) is 25.5 Å². The zero-order valence-electron chi connectivity index (χ0n) is 16.8. The van der Waals surface area contributed by atoms with Crippen LogP contribution in [0.4, 0.5) is 11.4 Å². The van der Waals surface area contributed by atoms with Crippen molar-refractivity contribution in [3.63, 3.8) is 0 Å². The van der Waals surface area contributed by atoms with Gasteiger partial charge in [-0.1, -0.05) is 52.0 Å². The Kier molecular flexibility index (Phi) is 6.92. The molecule has 2 N–H and O–H groups in total. The molecule has 0 aliphatic heterocycles. The highest BCUT2D eigenvalue weighted by molar-refractivity contribution is 5.61. The quantitative estimate of drug-likeness (QED) is 0.653. The van der Waals surface area contributed by atoms with Crippen LogP contribution in [0.25, 0.3) is 0 Å². The summed E-state index contributed by atoms with van der Waals surface area (Å²) >= 11 is 0. The van der Waals surface area contributed by atoms with Crippen molar-refractivity contribution in [2.45, 2.75) is 59.8 Å². The first-order valence-corrected chi connectivity index (χ1v) is 9.76. The molecule has 136 valence electrons. The molecule has 0 radical (unpaired) electrons. The van der Waals surface area contributed by atoms with E-state index in [1.807, 2.05) is 14.1 Å². The highest BCUT2D eigenvalue weighted by atomic mass is 14.8. The molecule has 2 aromatic rings. The summed E-state index contributed by atoms with van der Waals surface area (Å²) in [5, 5.41) is 6.80. The first-order chi connectivity index (χ1) is 12.1. The van der Waals surface area contributed by atoms with E-state index in [0.717, 1.165) is 32.1 Å². The van der Waals surface area contributed by atoms with Gasteiger partial charge in [0.25, 0.3) is 0 Å². The van der Waals surface area contributed by atoms with Crippen LogP contribution in [0.2, 0.25) is 0 Å². The van der Waals surface area contributed by atoms with Gasteiger partial charge in [0.05, 0.1) is 0 Å². The van der Waals surface area contributed by atoms with Crippen molar-refractivity contribution in [3.05, 3.63) is 57.6 Å². The van der Waals surface area contributed by atoms with Gasteiger partial charge in [-0.2, -0.15) is 0 Å². The normalized spacial score (nSPS) is 10.8. The summed E-state index contributed by atoms with van der Waals surface area (Å²) in [7, 11) is 4.07. The second kappa shape index (κ2) is 8.94. The Balaban J connectivity index is 2.45. The zero-order chi connectivity index (χ0) is 18.4. The van der Waals surface area contributed by atoms with Crippen molar-refractivity contribution >= 4 is 11.4 Å². The van der Waals surface area contributed by atoms with Gasteiger partial charge in [-0.15, -0.1) is 0 Å². The molecule has 0 atom stereocenters. The van der Waals surface area contributed by atoms with Crippen LogP contribution < -0.4 is 10.6 Å². The molecule has 25 heavy (non-hydrogen) atoms. The van der Waals surface area contributed by atoms with Crippen molar-refractivity contribution in [3.8, 4) is 0 Å². The lowest BCUT2D eigenvalue weighted by atomic mass is 9.92. The second-order valence-corrected chi connectivity index (χ2v) is 6.67. The summed E-state index contributed by atoms with van der Waals surface area (Å²) in [4.78, 5) is 0. The van der Waals surface area contributed by atoms with Gasteiger partial charge in [-0.25, -0.2) is 0 Å². The van der Waals surface area contributed by atoms with E-state index in [-0.39, 0.29) is 0 Å². The molecule has 2 rings (SSSR count). The number of rotatable bonds is 8. The lowest BCUT2D eigenvalue weighted by Gasteiger charge is -2.18. The number of anilines is 2. The Morgan fingerprint density at radius 3 is 1.04 bits per heavy atom. The largest absolute Gasteiger partial charge is 0.388 e. The Bertz CT molecular complexity index is 605. The van der Waals surface area contributed by atoms with Crippen LogP contribution in [0.1, 0.15) is 61.1 Å². The summed E-state index contributed by atoms with van der Waals surface area (Å²) in [6.45, 7) is 8.97. The third-order valence-corrected chi connectivity index (χ3v) is 5.15. The summed E-state index contributed by atoms with van der Waals surface area (Å²) in [5.41, 5.74) is 11.2. The average molecular weight is 339 g/mol. The molecular formula is C23H34N2. The predicted octanol–water partition coefficient (Wildman–Crippen LogP) is 5.61. The fraction of sp³-hybridized carbons (Fsp3) is 0.478. The van der Waals surface area contributed by atoms with E-state index in [0.29, 0.717) is 0 Å². The Morgan fingerprint density at radius 1 is 0.560 bits per heavy atom. The van der Waals surface area contributed by atoms with E-state index in [1.54, 1.807) is 0 Å². The van der Waals surface area contributed by atoms with Crippen LogP contribution in [0.3, 0.4) is 0 Å². The minimum atomic E-state index is 1.01. The van der Waals surface area contributed by atoms with Crippen LogP contribution in [-0.4, -0.2) is 14.1 Å². The van der Waals surface area contributed by atoms with Crippen LogP contribution in [0.15, 0.2) is 24.3 Å². The average Bonchev–Trinajstić information content (AvgIpc) is 2.65. The van der Waals surface area contributed by atoms with Crippen LogP contribution in [0, 0.1) is 0 Å². The number of hydrogen-bond acceptors (Lipinski definition) is 2. The van der Waals surface area contributed by atoms with E-state index in [4.69, 9.17) is 0 Å². The molecule has 0 saturated heterocycles. The van der Waals surface area contributed by atoms with Crippen molar-refractivity contribution in [2.75, 3.05) is 24.7 Å². The lowest BCUT2D eigenvalue weighted by Crippen LogP contribution is -2.04. The fourth-order valence-electron chi connectivity index (χ4n) is 3.88. The predicted molar refractivity (Wildman–Crippen MR) is 112 cm³/mol. The minimum Gasteiger partial charge on any atom is -0.388 e. The van der Waals surface area contributed by atoms with E-state index in [9.17, 15) is 0 Å². The molecule has 0 amide bonds. The van der Waals surface area contributed by atoms with E-state index in [1.165, 1.54) is 44.8 Å². The van der Waals surface area contributed by atoms with Gasteiger partial charge in [0.15, 0.2) is 0 Å². The molecule has 0 aromatic heterocycles. The van der Waals surface area contributed by atoms with Crippen LogP contribution in [0.5, 0.6) is 0 Å². The SMILES string of the molecule is CCc1cc(Cc2cc(CC)c(NC)c(CC)c2)cc(CC)c1NC. The third kappa shape index (κ3) is 4.18. The molecular weight excluding hydrogens is 304 g/mol. The third-order valence-electron chi connectivity index (χ3n) is 5.15. The van der Waals surface area contributed by atoms with Crippen molar-refractivity contribution in [2.24, 2.45) is 0 Å². The lowest BCUT2D eigenvalue weighted by molar-refractivity contribution is 1.04. The van der Waals surface area contributed by atoms with Crippen molar-refractivity contribution < 1.29 is 0 Å². The maximum atomic E-state index is 3.40. The van der Waals surface area contributed by atoms with Gasteiger partial charge in [0.2, 0.25) is 0 Å². The Morgan fingerprint density at radius 2 is 0.840 bits per heavy atom. The van der Waals surface area contributed by atoms with Crippen molar-refractivity contribution in [1.29, 1.82) is 0 Å². The number of aryl methyl sites for hydroxylation is 4. The van der Waals surface area contributed by atoms with Crippen LogP contribution >= 0.6 is 0 Å². The van der Waals surface area contributed by atoms with Gasteiger partial charge in [-0.05, 0) is 65.5 Å². The topological polar surface area (TPSA) is 24.1 Å². The van der Waals surface area contributed by atoms with E-state index >= 15 is 0 Å². The monoisotopic (exact) mass is 338 g/mol. The molecule has 2 aromatic carbocycles. The smallest absolute Gasteiger partial charge is 0.0402 e.